The third-order valence-corrected chi connectivity index (χ3v) is 4.76. The number of anilines is 3. The van der Waals surface area contributed by atoms with Crippen LogP contribution in [-0.2, 0) is 0 Å². The molecule has 3 aromatic rings. The molecule has 1 aliphatic rings. The van der Waals surface area contributed by atoms with E-state index in [1.165, 1.54) is 0 Å². The predicted octanol–water partition coefficient (Wildman–Crippen LogP) is 2.89. The first-order valence-electron chi connectivity index (χ1n) is 9.30. The maximum absolute atomic E-state index is 12.7. The Labute approximate surface area is 164 Å². The first-order chi connectivity index (χ1) is 13.7. The van der Waals surface area contributed by atoms with Gasteiger partial charge in [-0.3, -0.25) is 4.79 Å². The lowest BCUT2D eigenvalue weighted by molar-refractivity contribution is 0.0746. The highest BCUT2D eigenvalue weighted by Gasteiger charge is 2.23. The highest BCUT2D eigenvalue weighted by molar-refractivity contribution is 5.94. The van der Waals surface area contributed by atoms with E-state index in [1.54, 1.807) is 12.5 Å². The van der Waals surface area contributed by atoms with E-state index < -0.39 is 0 Å². The van der Waals surface area contributed by atoms with Crippen LogP contribution in [0.5, 0.6) is 0 Å². The van der Waals surface area contributed by atoms with E-state index in [1.807, 2.05) is 60.4 Å². The number of carbonyl (C=O) groups is 1. The molecule has 1 fully saturated rings. The van der Waals surface area contributed by atoms with Gasteiger partial charge in [0.15, 0.2) is 0 Å². The summed E-state index contributed by atoms with van der Waals surface area (Å²) in [6.45, 7) is 4.82. The van der Waals surface area contributed by atoms with Gasteiger partial charge in [-0.25, -0.2) is 15.0 Å². The van der Waals surface area contributed by atoms with Crippen molar-refractivity contribution < 1.29 is 4.79 Å². The van der Waals surface area contributed by atoms with Gasteiger partial charge in [0.1, 0.15) is 23.8 Å². The minimum absolute atomic E-state index is 0.0832. The number of hydrogen-bond acceptors (Lipinski definition) is 6. The maximum atomic E-state index is 12.7. The largest absolute Gasteiger partial charge is 0.353 e. The third kappa shape index (κ3) is 4.09. The fourth-order valence-electron chi connectivity index (χ4n) is 3.17. The Morgan fingerprint density at radius 2 is 1.71 bits per heavy atom. The Kier molecular flexibility index (Phi) is 5.14. The van der Waals surface area contributed by atoms with Crippen molar-refractivity contribution in [2.75, 3.05) is 36.4 Å². The molecule has 0 saturated carbocycles. The summed E-state index contributed by atoms with van der Waals surface area (Å²) in [7, 11) is 0. The zero-order valence-electron chi connectivity index (χ0n) is 15.7. The topological polar surface area (TPSA) is 74.2 Å². The Hall–Kier alpha value is -3.48. The minimum atomic E-state index is 0.0832. The molecule has 1 aliphatic heterocycles. The van der Waals surface area contributed by atoms with Gasteiger partial charge in [-0.05, 0) is 31.2 Å². The average molecular weight is 374 g/mol. The van der Waals surface area contributed by atoms with Gasteiger partial charge in [0, 0.05) is 44.0 Å². The molecule has 1 N–H and O–H groups in total. The van der Waals surface area contributed by atoms with Crippen molar-refractivity contribution in [1.29, 1.82) is 0 Å². The summed E-state index contributed by atoms with van der Waals surface area (Å²) < 4.78 is 0. The van der Waals surface area contributed by atoms with Gasteiger partial charge in [0.25, 0.3) is 5.91 Å². The van der Waals surface area contributed by atoms with Crippen molar-refractivity contribution in [1.82, 2.24) is 19.9 Å². The summed E-state index contributed by atoms with van der Waals surface area (Å²) in [6, 6.07) is 15.3. The molecule has 0 bridgehead atoms. The van der Waals surface area contributed by atoms with Crippen LogP contribution in [0, 0.1) is 6.92 Å². The number of pyridine rings is 1. The van der Waals surface area contributed by atoms with Crippen molar-refractivity contribution in [3.63, 3.8) is 0 Å². The lowest BCUT2D eigenvalue weighted by Crippen LogP contribution is -2.49. The molecule has 7 heteroatoms. The molecule has 0 atom stereocenters. The quantitative estimate of drug-likeness (QED) is 0.757. The van der Waals surface area contributed by atoms with Gasteiger partial charge in [0.05, 0.1) is 0 Å². The van der Waals surface area contributed by atoms with E-state index >= 15 is 0 Å². The van der Waals surface area contributed by atoms with Crippen molar-refractivity contribution >= 4 is 23.4 Å². The molecule has 0 unspecified atom stereocenters. The zero-order valence-corrected chi connectivity index (χ0v) is 15.7. The molecule has 7 nitrogen and oxygen atoms in total. The SMILES string of the molecule is Cc1ccc(C(=O)N2CCN(c3cc(Nc4ccccn4)ncn3)CC2)cc1. The van der Waals surface area contributed by atoms with Crippen LogP contribution in [0.15, 0.2) is 61.1 Å². The number of benzene rings is 1. The number of aromatic nitrogens is 3. The van der Waals surface area contributed by atoms with Crippen LogP contribution < -0.4 is 10.2 Å². The summed E-state index contributed by atoms with van der Waals surface area (Å²) in [4.78, 5) is 29.7. The Bertz CT molecular complexity index is 937. The van der Waals surface area contributed by atoms with Crippen LogP contribution >= 0.6 is 0 Å². The Morgan fingerprint density at radius 3 is 2.43 bits per heavy atom. The third-order valence-electron chi connectivity index (χ3n) is 4.76. The van der Waals surface area contributed by atoms with E-state index in [0.717, 1.165) is 35.9 Å². The second-order valence-electron chi connectivity index (χ2n) is 6.75. The van der Waals surface area contributed by atoms with Crippen LogP contribution in [0.25, 0.3) is 0 Å². The normalized spacial score (nSPS) is 14.0. The lowest BCUT2D eigenvalue weighted by atomic mass is 10.1. The van der Waals surface area contributed by atoms with Crippen LogP contribution in [0.2, 0.25) is 0 Å². The maximum Gasteiger partial charge on any atom is 0.253 e. The zero-order chi connectivity index (χ0) is 19.3. The highest BCUT2D eigenvalue weighted by atomic mass is 16.2. The molecule has 1 amide bonds. The van der Waals surface area contributed by atoms with Gasteiger partial charge in [-0.1, -0.05) is 23.8 Å². The number of amides is 1. The fourth-order valence-corrected chi connectivity index (χ4v) is 3.17. The molecule has 0 spiro atoms. The second kappa shape index (κ2) is 8.04. The van der Waals surface area contributed by atoms with Crippen LogP contribution in [0.3, 0.4) is 0 Å². The van der Waals surface area contributed by atoms with Crippen molar-refractivity contribution in [2.45, 2.75) is 6.92 Å². The number of nitrogens with one attached hydrogen (secondary N) is 1. The van der Waals surface area contributed by atoms with Crippen LogP contribution in [0.4, 0.5) is 17.5 Å². The highest BCUT2D eigenvalue weighted by Crippen LogP contribution is 2.19. The van der Waals surface area contributed by atoms with Gasteiger partial charge < -0.3 is 15.1 Å². The second-order valence-corrected chi connectivity index (χ2v) is 6.75. The Balaban J connectivity index is 1.39. The average Bonchev–Trinajstić information content (AvgIpc) is 2.75. The van der Waals surface area contributed by atoms with E-state index in [0.29, 0.717) is 18.9 Å². The van der Waals surface area contributed by atoms with Gasteiger partial charge >= 0.3 is 0 Å². The van der Waals surface area contributed by atoms with E-state index in [-0.39, 0.29) is 5.91 Å². The van der Waals surface area contributed by atoms with Crippen LogP contribution in [-0.4, -0.2) is 51.9 Å². The van der Waals surface area contributed by atoms with E-state index in [4.69, 9.17) is 0 Å². The number of hydrogen-bond donors (Lipinski definition) is 1. The summed E-state index contributed by atoms with van der Waals surface area (Å²) in [5, 5.41) is 3.18. The first-order valence-corrected chi connectivity index (χ1v) is 9.30. The molecular formula is C21H22N6O. The monoisotopic (exact) mass is 374 g/mol. The van der Waals surface area contributed by atoms with Gasteiger partial charge in [-0.2, -0.15) is 0 Å². The first kappa shape index (κ1) is 17.9. The molecule has 1 aromatic carbocycles. The lowest BCUT2D eigenvalue weighted by Gasteiger charge is -2.35. The smallest absolute Gasteiger partial charge is 0.253 e. The molecule has 4 rings (SSSR count). The van der Waals surface area contributed by atoms with E-state index in [9.17, 15) is 4.79 Å². The van der Waals surface area contributed by atoms with Crippen molar-refractivity contribution in [2.24, 2.45) is 0 Å². The van der Waals surface area contributed by atoms with Gasteiger partial charge in [-0.15, -0.1) is 0 Å². The van der Waals surface area contributed by atoms with Crippen LogP contribution in [0.1, 0.15) is 15.9 Å². The summed E-state index contributed by atoms with van der Waals surface area (Å²) in [5.74, 6) is 2.36. The molecule has 142 valence electrons. The number of carbonyl (C=O) groups excluding carboxylic acids is 1. The van der Waals surface area contributed by atoms with Gasteiger partial charge in [0.2, 0.25) is 0 Å². The number of rotatable bonds is 4. The van der Waals surface area contributed by atoms with Crippen molar-refractivity contribution in [3.8, 4) is 0 Å². The molecule has 1 saturated heterocycles. The summed E-state index contributed by atoms with van der Waals surface area (Å²) >= 11 is 0. The molecule has 3 heterocycles. The predicted molar refractivity (Wildman–Crippen MR) is 109 cm³/mol. The standard InChI is InChI=1S/C21H22N6O/c1-16-5-7-17(8-6-16)21(28)27-12-10-26(11-13-27)20-14-19(23-15-24-20)25-18-4-2-3-9-22-18/h2-9,14-15H,10-13H2,1H3,(H,22,23,24,25). The van der Waals surface area contributed by atoms with Crippen molar-refractivity contribution in [3.05, 3.63) is 72.2 Å². The number of aryl methyl sites for hydroxylation is 1. The summed E-state index contributed by atoms with van der Waals surface area (Å²) in [5.41, 5.74) is 1.89. The molecule has 2 aromatic heterocycles. The molecule has 28 heavy (non-hydrogen) atoms. The fraction of sp³-hybridized carbons (Fsp3) is 0.238. The molecule has 0 radical (unpaired) electrons. The number of piperazine rings is 1. The Morgan fingerprint density at radius 1 is 0.929 bits per heavy atom. The minimum Gasteiger partial charge on any atom is -0.353 e. The summed E-state index contributed by atoms with van der Waals surface area (Å²) in [6.07, 6.45) is 3.28. The number of nitrogens with zero attached hydrogens (tertiary/aromatic N) is 5. The molecular weight excluding hydrogens is 352 g/mol. The molecule has 0 aliphatic carbocycles. The van der Waals surface area contributed by atoms with E-state index in [2.05, 4.69) is 25.2 Å².